The minimum atomic E-state index is 0.547. The van der Waals surface area contributed by atoms with Gasteiger partial charge in [-0.15, -0.1) is 10.2 Å². The monoisotopic (exact) mass is 402 g/mol. The van der Waals surface area contributed by atoms with Gasteiger partial charge >= 0.3 is 0 Å². The molecule has 0 radical (unpaired) electrons. The average molecular weight is 403 g/mol. The molecule has 2 aromatic carbocycles. The van der Waals surface area contributed by atoms with Gasteiger partial charge in [0.15, 0.2) is 11.5 Å². The molecule has 0 unspecified atom stereocenters. The average Bonchev–Trinajstić information content (AvgIpc) is 2.71. The van der Waals surface area contributed by atoms with Crippen molar-refractivity contribution in [2.24, 2.45) is 0 Å². The molecule has 5 nitrogen and oxygen atoms in total. The molecule has 0 aliphatic carbocycles. The van der Waals surface area contributed by atoms with Crippen LogP contribution < -0.4 is 14.2 Å². The Hall–Kier alpha value is -2.44. The second kappa shape index (κ2) is 8.97. The lowest BCUT2D eigenvalue weighted by atomic mass is 10.1. The van der Waals surface area contributed by atoms with Crippen molar-refractivity contribution in [2.75, 3.05) is 21.3 Å². The number of ether oxygens (including phenoxy) is 3. The van der Waals surface area contributed by atoms with E-state index in [1.54, 1.807) is 33.1 Å². The van der Waals surface area contributed by atoms with Gasteiger partial charge in [0.05, 0.1) is 27.0 Å². The molecule has 3 aromatic rings. The van der Waals surface area contributed by atoms with Gasteiger partial charge < -0.3 is 14.2 Å². The van der Waals surface area contributed by atoms with E-state index in [4.69, 9.17) is 25.8 Å². The highest BCUT2D eigenvalue weighted by atomic mass is 35.5. The molecule has 0 aliphatic heterocycles. The lowest BCUT2D eigenvalue weighted by molar-refractivity contribution is 0.324. The van der Waals surface area contributed by atoms with Crippen LogP contribution in [0.5, 0.6) is 17.2 Å². The number of aromatic nitrogens is 2. The zero-order valence-corrected chi connectivity index (χ0v) is 16.8. The second-order valence-corrected chi connectivity index (χ2v) is 7.02. The van der Waals surface area contributed by atoms with Crippen LogP contribution in [0.15, 0.2) is 53.6 Å². The van der Waals surface area contributed by atoms with Gasteiger partial charge in [-0.3, -0.25) is 0 Å². The van der Waals surface area contributed by atoms with Crippen LogP contribution in [0.4, 0.5) is 0 Å². The van der Waals surface area contributed by atoms with Crippen molar-refractivity contribution in [3.8, 4) is 28.5 Å². The van der Waals surface area contributed by atoms with Crippen LogP contribution in [0.3, 0.4) is 0 Å². The lowest BCUT2D eigenvalue weighted by Crippen LogP contribution is -1.97. The van der Waals surface area contributed by atoms with E-state index < -0.39 is 0 Å². The van der Waals surface area contributed by atoms with Crippen LogP contribution in [0.1, 0.15) is 5.56 Å². The van der Waals surface area contributed by atoms with E-state index in [0.29, 0.717) is 17.2 Å². The number of thioether (sulfide) groups is 1. The zero-order chi connectivity index (χ0) is 19.2. The van der Waals surface area contributed by atoms with Crippen molar-refractivity contribution in [2.45, 2.75) is 10.8 Å². The maximum absolute atomic E-state index is 6.02. The summed E-state index contributed by atoms with van der Waals surface area (Å²) in [4.78, 5) is 0. The summed E-state index contributed by atoms with van der Waals surface area (Å²) >= 11 is 7.63. The molecule has 27 heavy (non-hydrogen) atoms. The topological polar surface area (TPSA) is 53.5 Å². The number of rotatable bonds is 7. The number of halogens is 1. The Bertz CT molecular complexity index is 894. The van der Waals surface area contributed by atoms with Crippen LogP contribution in [-0.2, 0) is 5.75 Å². The number of methoxy groups -OCH3 is 3. The van der Waals surface area contributed by atoms with Crippen molar-refractivity contribution in [1.29, 1.82) is 0 Å². The number of hydrogen-bond acceptors (Lipinski definition) is 6. The third-order valence-electron chi connectivity index (χ3n) is 3.88. The van der Waals surface area contributed by atoms with Gasteiger partial charge in [0.2, 0.25) is 5.75 Å². The first-order chi connectivity index (χ1) is 13.1. The molecule has 7 heteroatoms. The highest BCUT2D eigenvalue weighted by Gasteiger charge is 2.15. The van der Waals surface area contributed by atoms with E-state index in [0.717, 1.165) is 32.6 Å². The highest BCUT2D eigenvalue weighted by molar-refractivity contribution is 7.98. The second-order valence-electron chi connectivity index (χ2n) is 5.59. The summed E-state index contributed by atoms with van der Waals surface area (Å²) in [5.41, 5.74) is 2.70. The first-order valence-corrected chi connectivity index (χ1v) is 9.52. The quantitative estimate of drug-likeness (QED) is 0.511. The molecule has 3 rings (SSSR count). The van der Waals surface area contributed by atoms with E-state index in [9.17, 15) is 0 Å². The van der Waals surface area contributed by atoms with Crippen LogP contribution >= 0.6 is 23.4 Å². The molecule has 1 aromatic heterocycles. The number of hydrogen-bond donors (Lipinski definition) is 0. The molecule has 0 bridgehead atoms. The minimum absolute atomic E-state index is 0.547. The van der Waals surface area contributed by atoms with E-state index in [2.05, 4.69) is 10.2 Å². The Labute approximate surface area is 167 Å². The third-order valence-corrected chi connectivity index (χ3v) is 5.10. The summed E-state index contributed by atoms with van der Waals surface area (Å²) in [6.45, 7) is 0. The molecule has 0 N–H and O–H groups in total. The molecular weight excluding hydrogens is 384 g/mol. The van der Waals surface area contributed by atoms with Gasteiger partial charge in [-0.2, -0.15) is 0 Å². The molecule has 0 saturated carbocycles. The third kappa shape index (κ3) is 4.64. The Balaban J connectivity index is 1.79. The molecule has 0 amide bonds. The van der Waals surface area contributed by atoms with Crippen LogP contribution in [0.2, 0.25) is 5.02 Å². The Kier molecular flexibility index (Phi) is 6.42. The van der Waals surface area contributed by atoms with Gasteiger partial charge in [0.25, 0.3) is 0 Å². The fourth-order valence-electron chi connectivity index (χ4n) is 2.56. The smallest absolute Gasteiger partial charge is 0.203 e. The highest BCUT2D eigenvalue weighted by Crippen LogP contribution is 2.40. The van der Waals surface area contributed by atoms with Crippen molar-refractivity contribution in [3.05, 3.63) is 59.1 Å². The Morgan fingerprint density at radius 2 is 1.63 bits per heavy atom. The molecule has 1 heterocycles. The van der Waals surface area contributed by atoms with E-state index in [1.807, 2.05) is 48.5 Å². The van der Waals surface area contributed by atoms with E-state index in [1.165, 1.54) is 0 Å². The maximum atomic E-state index is 6.02. The van der Waals surface area contributed by atoms with Gasteiger partial charge in [0.1, 0.15) is 5.03 Å². The van der Waals surface area contributed by atoms with Crippen LogP contribution in [-0.4, -0.2) is 31.5 Å². The number of benzene rings is 2. The van der Waals surface area contributed by atoms with Gasteiger partial charge in [-0.05, 0) is 42.0 Å². The Morgan fingerprint density at radius 1 is 0.889 bits per heavy atom. The fourth-order valence-corrected chi connectivity index (χ4v) is 3.53. The Morgan fingerprint density at radius 3 is 2.19 bits per heavy atom. The molecule has 0 atom stereocenters. The van der Waals surface area contributed by atoms with Crippen molar-refractivity contribution in [3.63, 3.8) is 0 Å². The molecular formula is C20H19ClN2O3S. The van der Waals surface area contributed by atoms with Gasteiger partial charge in [-0.1, -0.05) is 35.5 Å². The summed E-state index contributed by atoms with van der Waals surface area (Å²) < 4.78 is 16.1. The van der Waals surface area contributed by atoms with E-state index in [-0.39, 0.29) is 0 Å². The zero-order valence-electron chi connectivity index (χ0n) is 15.2. The van der Waals surface area contributed by atoms with E-state index >= 15 is 0 Å². The standard InChI is InChI=1S/C20H19ClN2O3S/c1-24-17-10-14(11-18(25-2)20(17)26-3)16-7-8-19(23-22-16)27-12-13-5-4-6-15(21)9-13/h4-11H,12H2,1-3H3. The van der Waals surface area contributed by atoms with Crippen molar-refractivity contribution in [1.82, 2.24) is 10.2 Å². The predicted octanol–water partition coefficient (Wildman–Crippen LogP) is 5.12. The van der Waals surface area contributed by atoms with Gasteiger partial charge in [0, 0.05) is 16.3 Å². The first kappa shape index (κ1) is 19.3. The minimum Gasteiger partial charge on any atom is -0.493 e. The lowest BCUT2D eigenvalue weighted by Gasteiger charge is -2.13. The van der Waals surface area contributed by atoms with Crippen molar-refractivity contribution < 1.29 is 14.2 Å². The normalized spacial score (nSPS) is 10.5. The molecule has 0 fully saturated rings. The number of nitrogens with zero attached hydrogens (tertiary/aromatic N) is 2. The largest absolute Gasteiger partial charge is 0.493 e. The summed E-state index contributed by atoms with van der Waals surface area (Å²) in [5.74, 6) is 2.48. The van der Waals surface area contributed by atoms with Gasteiger partial charge in [-0.25, -0.2) is 0 Å². The summed E-state index contributed by atoms with van der Waals surface area (Å²) in [7, 11) is 4.75. The summed E-state index contributed by atoms with van der Waals surface area (Å²) in [5, 5.41) is 10.2. The fraction of sp³-hybridized carbons (Fsp3) is 0.200. The van der Waals surface area contributed by atoms with Crippen molar-refractivity contribution >= 4 is 23.4 Å². The van der Waals surface area contributed by atoms with Crippen LogP contribution in [0, 0.1) is 0 Å². The first-order valence-electron chi connectivity index (χ1n) is 8.16. The molecule has 0 spiro atoms. The molecule has 140 valence electrons. The summed E-state index contributed by atoms with van der Waals surface area (Å²) in [6.07, 6.45) is 0. The van der Waals surface area contributed by atoms with Crippen LogP contribution in [0.25, 0.3) is 11.3 Å². The summed E-state index contributed by atoms with van der Waals surface area (Å²) in [6, 6.07) is 15.4. The molecule has 0 aliphatic rings. The SMILES string of the molecule is COc1cc(-c2ccc(SCc3cccc(Cl)c3)nn2)cc(OC)c1OC. The molecule has 0 saturated heterocycles. The predicted molar refractivity (Wildman–Crippen MR) is 108 cm³/mol. The maximum Gasteiger partial charge on any atom is 0.203 e.